The topological polar surface area (TPSA) is 9.23 Å². The molecule has 0 heterocycles. The van der Waals surface area contributed by atoms with E-state index < -0.39 is 18.4 Å². The third-order valence-electron chi connectivity index (χ3n) is 7.79. The number of halogens is 2. The largest absolute Gasteiger partial charge is 0.375 e. The summed E-state index contributed by atoms with van der Waals surface area (Å²) in [4.78, 5) is 0. The quantitative estimate of drug-likeness (QED) is 0.474. The van der Waals surface area contributed by atoms with E-state index in [9.17, 15) is 8.78 Å². The zero-order valence-corrected chi connectivity index (χ0v) is 17.0. The van der Waals surface area contributed by atoms with Crippen LogP contribution in [-0.4, -0.2) is 25.1 Å². The van der Waals surface area contributed by atoms with Crippen molar-refractivity contribution in [1.29, 1.82) is 0 Å². The highest BCUT2D eigenvalue weighted by molar-refractivity contribution is 4.96. The number of hydrogen-bond acceptors (Lipinski definition) is 1. The van der Waals surface area contributed by atoms with Crippen LogP contribution in [0.3, 0.4) is 0 Å². The first-order valence-electron chi connectivity index (χ1n) is 11.5. The van der Waals surface area contributed by atoms with Crippen molar-refractivity contribution in [2.45, 2.75) is 109 Å². The van der Waals surface area contributed by atoms with Crippen LogP contribution in [0, 0.1) is 29.6 Å². The molecule has 3 aliphatic carbocycles. The number of fused-ring (bicyclic) bond motifs is 1. The van der Waals surface area contributed by atoms with Crippen molar-refractivity contribution in [3.63, 3.8) is 0 Å². The molecule has 0 saturated heterocycles. The predicted octanol–water partition coefficient (Wildman–Crippen LogP) is 6.89. The molecule has 6 unspecified atom stereocenters. The van der Waals surface area contributed by atoms with E-state index in [2.05, 4.69) is 6.92 Å². The molecule has 0 aliphatic heterocycles. The Morgan fingerprint density at radius 3 is 2.00 bits per heavy atom. The van der Waals surface area contributed by atoms with Crippen LogP contribution in [0.2, 0.25) is 0 Å². The second kappa shape index (κ2) is 9.85. The molecule has 0 radical (unpaired) electrons. The minimum absolute atomic E-state index is 0.0549. The Hall–Kier alpha value is -0.180. The van der Waals surface area contributed by atoms with Gasteiger partial charge < -0.3 is 4.74 Å². The van der Waals surface area contributed by atoms with Gasteiger partial charge in [0.2, 0.25) is 0 Å². The second-order valence-corrected chi connectivity index (χ2v) is 9.47. The summed E-state index contributed by atoms with van der Waals surface area (Å²) in [6.07, 6.45) is 11.6. The van der Waals surface area contributed by atoms with Gasteiger partial charge in [-0.25, -0.2) is 8.78 Å². The Kier molecular flexibility index (Phi) is 7.78. The molecule has 3 saturated carbocycles. The fourth-order valence-electron chi connectivity index (χ4n) is 6.24. The van der Waals surface area contributed by atoms with Gasteiger partial charge in [-0.15, -0.1) is 0 Å². The third-order valence-corrected chi connectivity index (χ3v) is 7.79. The first-order chi connectivity index (χ1) is 12.6. The molecule has 0 amide bonds. The highest BCUT2D eigenvalue weighted by Crippen LogP contribution is 2.47. The SMILES string of the molecule is CCCC1CCC(CCC2CCC3CC(OCC)C(F)C(F)C3C2)CC1. The summed E-state index contributed by atoms with van der Waals surface area (Å²) in [5.74, 6) is 2.78. The van der Waals surface area contributed by atoms with Crippen molar-refractivity contribution < 1.29 is 13.5 Å². The zero-order valence-electron chi connectivity index (χ0n) is 17.0. The molecule has 0 bridgehead atoms. The smallest absolute Gasteiger partial charge is 0.157 e. The normalized spacial score (nSPS) is 43.8. The highest BCUT2D eigenvalue weighted by atomic mass is 19.2. The Bertz CT molecular complexity index is 405. The van der Waals surface area contributed by atoms with E-state index >= 15 is 0 Å². The summed E-state index contributed by atoms with van der Waals surface area (Å²) in [6.45, 7) is 4.65. The first-order valence-corrected chi connectivity index (χ1v) is 11.5. The van der Waals surface area contributed by atoms with Crippen molar-refractivity contribution >= 4 is 0 Å². The Balaban J connectivity index is 1.42. The molecular weight excluding hydrogens is 330 g/mol. The lowest BCUT2D eigenvalue weighted by Gasteiger charge is -2.45. The predicted molar refractivity (Wildman–Crippen MR) is 104 cm³/mol. The second-order valence-electron chi connectivity index (χ2n) is 9.47. The Morgan fingerprint density at radius 1 is 0.731 bits per heavy atom. The van der Waals surface area contributed by atoms with Crippen molar-refractivity contribution in [2.24, 2.45) is 29.6 Å². The molecule has 26 heavy (non-hydrogen) atoms. The van der Waals surface area contributed by atoms with E-state index in [4.69, 9.17) is 4.74 Å². The number of rotatable bonds is 7. The van der Waals surface area contributed by atoms with Gasteiger partial charge in [-0.1, -0.05) is 64.7 Å². The molecular formula is C23H40F2O. The van der Waals surface area contributed by atoms with Gasteiger partial charge in [0.25, 0.3) is 0 Å². The van der Waals surface area contributed by atoms with Gasteiger partial charge >= 0.3 is 0 Å². The zero-order chi connectivity index (χ0) is 18.5. The van der Waals surface area contributed by atoms with Gasteiger partial charge in [-0.05, 0) is 55.8 Å². The molecule has 3 aliphatic rings. The van der Waals surface area contributed by atoms with E-state index in [1.807, 2.05) is 6.92 Å². The average Bonchev–Trinajstić information content (AvgIpc) is 2.66. The fraction of sp³-hybridized carbons (Fsp3) is 1.00. The molecule has 1 nitrogen and oxygen atoms in total. The molecule has 3 fully saturated rings. The summed E-state index contributed by atoms with van der Waals surface area (Å²) in [7, 11) is 0. The van der Waals surface area contributed by atoms with Gasteiger partial charge in [-0.3, -0.25) is 0 Å². The molecule has 0 aromatic rings. The fourth-order valence-corrected chi connectivity index (χ4v) is 6.24. The van der Waals surface area contributed by atoms with Gasteiger partial charge in [-0.2, -0.15) is 0 Å². The van der Waals surface area contributed by atoms with Crippen molar-refractivity contribution in [3.05, 3.63) is 0 Å². The number of alkyl halides is 2. The van der Waals surface area contributed by atoms with E-state index in [-0.39, 0.29) is 5.92 Å². The van der Waals surface area contributed by atoms with Crippen molar-refractivity contribution in [2.75, 3.05) is 6.61 Å². The molecule has 0 N–H and O–H groups in total. The van der Waals surface area contributed by atoms with Crippen LogP contribution in [0.15, 0.2) is 0 Å². The van der Waals surface area contributed by atoms with Crippen LogP contribution in [0.5, 0.6) is 0 Å². The molecule has 0 aromatic carbocycles. The monoisotopic (exact) mass is 370 g/mol. The highest BCUT2D eigenvalue weighted by Gasteiger charge is 2.48. The third kappa shape index (κ3) is 5.00. The maximum atomic E-state index is 14.7. The van der Waals surface area contributed by atoms with Crippen molar-refractivity contribution in [3.8, 4) is 0 Å². The molecule has 0 spiro atoms. The van der Waals surface area contributed by atoms with Crippen LogP contribution in [0.1, 0.15) is 90.9 Å². The van der Waals surface area contributed by atoms with E-state index in [1.54, 1.807) is 0 Å². The molecule has 3 heteroatoms. The van der Waals surface area contributed by atoms with Gasteiger partial charge in [0.05, 0.1) is 6.10 Å². The Labute approximate surface area is 159 Å². The van der Waals surface area contributed by atoms with Gasteiger partial charge in [0, 0.05) is 6.61 Å². The van der Waals surface area contributed by atoms with Crippen LogP contribution < -0.4 is 0 Å². The lowest BCUT2D eigenvalue weighted by atomic mass is 9.64. The van der Waals surface area contributed by atoms with Crippen LogP contribution in [0.4, 0.5) is 8.78 Å². The average molecular weight is 371 g/mol. The standard InChI is InChI=1S/C23H40F2O/c1-3-5-16-6-8-17(9-7-16)10-11-18-12-13-19-15-21(26-4-2)23(25)22(24)20(19)14-18/h16-23H,3-15H2,1-2H3. The summed E-state index contributed by atoms with van der Waals surface area (Å²) >= 11 is 0. The number of ether oxygens (including phenoxy) is 1. The van der Waals surface area contributed by atoms with Crippen LogP contribution in [0.25, 0.3) is 0 Å². The summed E-state index contributed by atoms with van der Waals surface area (Å²) in [6, 6.07) is 0. The van der Waals surface area contributed by atoms with Crippen LogP contribution in [-0.2, 0) is 4.74 Å². The summed E-state index contributed by atoms with van der Waals surface area (Å²) in [5.41, 5.74) is 0. The lowest BCUT2D eigenvalue weighted by molar-refractivity contribution is -0.106. The maximum absolute atomic E-state index is 14.7. The van der Waals surface area contributed by atoms with Crippen molar-refractivity contribution in [1.82, 2.24) is 0 Å². The molecule has 0 aromatic heterocycles. The van der Waals surface area contributed by atoms with Crippen LogP contribution >= 0.6 is 0 Å². The first kappa shape index (κ1) is 20.6. The summed E-state index contributed by atoms with van der Waals surface area (Å²) < 4.78 is 34.6. The molecule has 6 atom stereocenters. The minimum Gasteiger partial charge on any atom is -0.375 e. The molecule has 152 valence electrons. The minimum atomic E-state index is -1.41. The van der Waals surface area contributed by atoms with E-state index in [0.29, 0.717) is 18.4 Å². The summed E-state index contributed by atoms with van der Waals surface area (Å²) in [5, 5.41) is 0. The van der Waals surface area contributed by atoms with E-state index in [1.165, 1.54) is 57.8 Å². The Morgan fingerprint density at radius 2 is 1.35 bits per heavy atom. The van der Waals surface area contributed by atoms with Gasteiger partial charge in [0.1, 0.15) is 6.17 Å². The van der Waals surface area contributed by atoms with Gasteiger partial charge in [0.15, 0.2) is 6.17 Å². The maximum Gasteiger partial charge on any atom is 0.157 e. The van der Waals surface area contributed by atoms with E-state index in [0.717, 1.165) is 31.1 Å². The molecule has 3 rings (SSSR count). The number of hydrogen-bond donors (Lipinski definition) is 0. The lowest BCUT2D eigenvalue weighted by Crippen LogP contribution is -2.49.